The number of benzene rings is 1. The standard InChI is InChI=1S/C13H16N2O4S/c1-2-3-4-7-14-20(17,18)10-5-6-12-11(8-10)15-13(16)9-19-12/h2-3,5-6,8,14H,4,7,9H2,1H3,(H,15,16)/b3-2+. The minimum absolute atomic E-state index is 0.0549. The molecule has 0 radical (unpaired) electrons. The van der Waals surface area contributed by atoms with Crippen LogP contribution in [0.1, 0.15) is 13.3 Å². The number of sulfonamides is 1. The Morgan fingerprint density at radius 1 is 1.45 bits per heavy atom. The lowest BCUT2D eigenvalue weighted by Gasteiger charge is -2.18. The van der Waals surface area contributed by atoms with Crippen molar-refractivity contribution in [3.8, 4) is 5.75 Å². The summed E-state index contributed by atoms with van der Waals surface area (Å²) in [5.74, 6) is 0.172. The first-order valence-electron chi connectivity index (χ1n) is 6.20. The highest BCUT2D eigenvalue weighted by molar-refractivity contribution is 7.89. The molecule has 0 bridgehead atoms. The van der Waals surface area contributed by atoms with Crippen molar-refractivity contribution in [2.45, 2.75) is 18.2 Å². The Hall–Kier alpha value is -1.86. The van der Waals surface area contributed by atoms with E-state index in [4.69, 9.17) is 4.74 Å². The second kappa shape index (κ2) is 6.06. The van der Waals surface area contributed by atoms with Gasteiger partial charge in [-0.05, 0) is 31.5 Å². The van der Waals surface area contributed by atoms with E-state index in [-0.39, 0.29) is 17.4 Å². The van der Waals surface area contributed by atoms with Crippen molar-refractivity contribution in [1.82, 2.24) is 4.72 Å². The Kier molecular flexibility index (Phi) is 4.41. The molecule has 6 nitrogen and oxygen atoms in total. The number of hydrogen-bond acceptors (Lipinski definition) is 4. The van der Waals surface area contributed by atoms with Crippen LogP contribution >= 0.6 is 0 Å². The predicted octanol–water partition coefficient (Wildman–Crippen LogP) is 1.26. The van der Waals surface area contributed by atoms with Crippen LogP contribution < -0.4 is 14.8 Å². The average molecular weight is 296 g/mol. The van der Waals surface area contributed by atoms with Crippen LogP contribution in [-0.2, 0) is 14.8 Å². The van der Waals surface area contributed by atoms with E-state index in [1.54, 1.807) is 0 Å². The summed E-state index contributed by atoms with van der Waals surface area (Å²) >= 11 is 0. The highest BCUT2D eigenvalue weighted by atomic mass is 32.2. The normalized spacial score (nSPS) is 14.8. The van der Waals surface area contributed by atoms with Gasteiger partial charge in [-0.25, -0.2) is 13.1 Å². The van der Waals surface area contributed by atoms with Gasteiger partial charge in [-0.2, -0.15) is 0 Å². The summed E-state index contributed by atoms with van der Waals surface area (Å²) < 4.78 is 31.8. The largest absolute Gasteiger partial charge is 0.482 e. The summed E-state index contributed by atoms with van der Waals surface area (Å²) in [6.45, 7) is 2.15. The molecule has 7 heteroatoms. The van der Waals surface area contributed by atoms with E-state index in [2.05, 4.69) is 10.0 Å². The van der Waals surface area contributed by atoms with Crippen LogP contribution in [0.15, 0.2) is 35.2 Å². The molecule has 1 aromatic carbocycles. The molecular weight excluding hydrogens is 280 g/mol. The lowest BCUT2D eigenvalue weighted by molar-refractivity contribution is -0.118. The van der Waals surface area contributed by atoms with E-state index in [0.717, 1.165) is 0 Å². The van der Waals surface area contributed by atoms with E-state index in [0.29, 0.717) is 24.4 Å². The molecule has 0 aliphatic carbocycles. The Morgan fingerprint density at radius 3 is 3.00 bits per heavy atom. The van der Waals surface area contributed by atoms with Gasteiger partial charge in [0.15, 0.2) is 6.61 Å². The zero-order valence-electron chi connectivity index (χ0n) is 11.0. The molecule has 0 saturated heterocycles. The van der Waals surface area contributed by atoms with E-state index >= 15 is 0 Å². The third kappa shape index (κ3) is 3.37. The van der Waals surface area contributed by atoms with Crippen LogP contribution in [-0.4, -0.2) is 27.5 Å². The molecule has 1 heterocycles. The van der Waals surface area contributed by atoms with Gasteiger partial charge in [0, 0.05) is 6.54 Å². The number of ether oxygens (including phenoxy) is 1. The third-order valence-electron chi connectivity index (χ3n) is 2.73. The number of allylic oxidation sites excluding steroid dienone is 1. The number of hydrogen-bond donors (Lipinski definition) is 2. The Bertz CT molecular complexity index is 638. The summed E-state index contributed by atoms with van der Waals surface area (Å²) in [7, 11) is -3.58. The fourth-order valence-electron chi connectivity index (χ4n) is 1.76. The molecule has 0 atom stereocenters. The Balaban J connectivity index is 2.16. The highest BCUT2D eigenvalue weighted by Crippen LogP contribution is 2.29. The smallest absolute Gasteiger partial charge is 0.262 e. The first kappa shape index (κ1) is 14.5. The summed E-state index contributed by atoms with van der Waals surface area (Å²) in [6.07, 6.45) is 4.37. The molecule has 0 spiro atoms. The average Bonchev–Trinajstić information content (AvgIpc) is 2.43. The minimum atomic E-state index is -3.58. The van der Waals surface area contributed by atoms with E-state index in [9.17, 15) is 13.2 Å². The number of rotatable bonds is 5. The molecule has 0 saturated carbocycles. The van der Waals surface area contributed by atoms with Gasteiger partial charge in [0.25, 0.3) is 5.91 Å². The van der Waals surface area contributed by atoms with Crippen molar-refractivity contribution in [3.05, 3.63) is 30.4 Å². The molecule has 0 unspecified atom stereocenters. The Labute approximate surface area is 117 Å². The number of carbonyl (C=O) groups is 1. The molecule has 20 heavy (non-hydrogen) atoms. The Morgan fingerprint density at radius 2 is 2.25 bits per heavy atom. The summed E-state index contributed by atoms with van der Waals surface area (Å²) in [5.41, 5.74) is 0.373. The molecule has 0 fully saturated rings. The predicted molar refractivity (Wildman–Crippen MR) is 75.2 cm³/mol. The van der Waals surface area contributed by atoms with Crippen molar-refractivity contribution in [3.63, 3.8) is 0 Å². The molecular formula is C13H16N2O4S. The summed E-state index contributed by atoms with van der Waals surface area (Å²) in [5, 5.41) is 2.58. The van der Waals surface area contributed by atoms with Crippen molar-refractivity contribution in [2.24, 2.45) is 0 Å². The monoisotopic (exact) mass is 296 g/mol. The van der Waals surface area contributed by atoms with Crippen molar-refractivity contribution < 1.29 is 17.9 Å². The zero-order valence-corrected chi connectivity index (χ0v) is 11.9. The number of amides is 1. The molecule has 1 aliphatic heterocycles. The van der Waals surface area contributed by atoms with Gasteiger partial charge in [-0.1, -0.05) is 12.2 Å². The molecule has 2 rings (SSSR count). The quantitative estimate of drug-likeness (QED) is 0.633. The van der Waals surface area contributed by atoms with Crippen LogP contribution in [0.3, 0.4) is 0 Å². The van der Waals surface area contributed by atoms with Gasteiger partial charge in [0.05, 0.1) is 10.6 Å². The summed E-state index contributed by atoms with van der Waals surface area (Å²) in [6, 6.07) is 4.38. The number of carbonyl (C=O) groups excluding carboxylic acids is 1. The van der Waals surface area contributed by atoms with Crippen LogP contribution in [0.25, 0.3) is 0 Å². The van der Waals surface area contributed by atoms with Gasteiger partial charge in [-0.15, -0.1) is 0 Å². The van der Waals surface area contributed by atoms with E-state index < -0.39 is 10.0 Å². The van der Waals surface area contributed by atoms with Gasteiger partial charge in [0.1, 0.15) is 5.75 Å². The molecule has 1 amide bonds. The third-order valence-corrected chi connectivity index (χ3v) is 4.19. The van der Waals surface area contributed by atoms with E-state index in [1.165, 1.54) is 18.2 Å². The minimum Gasteiger partial charge on any atom is -0.482 e. The van der Waals surface area contributed by atoms with Crippen molar-refractivity contribution in [1.29, 1.82) is 0 Å². The first-order chi connectivity index (χ1) is 9.53. The fraction of sp³-hybridized carbons (Fsp3) is 0.308. The number of nitrogens with one attached hydrogen (secondary N) is 2. The molecule has 1 aromatic rings. The van der Waals surface area contributed by atoms with Gasteiger partial charge >= 0.3 is 0 Å². The highest BCUT2D eigenvalue weighted by Gasteiger charge is 2.20. The second-order valence-electron chi connectivity index (χ2n) is 4.25. The van der Waals surface area contributed by atoms with Crippen LogP contribution in [0.2, 0.25) is 0 Å². The van der Waals surface area contributed by atoms with Gasteiger partial charge in [0.2, 0.25) is 10.0 Å². The molecule has 108 valence electrons. The number of fused-ring (bicyclic) bond motifs is 1. The zero-order chi connectivity index (χ0) is 14.6. The molecule has 0 aromatic heterocycles. The van der Waals surface area contributed by atoms with Crippen LogP contribution in [0, 0.1) is 0 Å². The van der Waals surface area contributed by atoms with Crippen molar-refractivity contribution in [2.75, 3.05) is 18.5 Å². The topological polar surface area (TPSA) is 84.5 Å². The van der Waals surface area contributed by atoms with Crippen LogP contribution in [0.5, 0.6) is 5.75 Å². The lowest BCUT2D eigenvalue weighted by atomic mass is 10.2. The van der Waals surface area contributed by atoms with Gasteiger partial charge in [-0.3, -0.25) is 4.79 Å². The van der Waals surface area contributed by atoms with Gasteiger partial charge < -0.3 is 10.1 Å². The van der Waals surface area contributed by atoms with E-state index in [1.807, 2.05) is 19.1 Å². The maximum atomic E-state index is 12.1. The SMILES string of the molecule is C/C=C/CCNS(=O)(=O)c1ccc2c(c1)NC(=O)CO2. The fourth-order valence-corrected chi connectivity index (χ4v) is 2.83. The second-order valence-corrected chi connectivity index (χ2v) is 6.02. The first-order valence-corrected chi connectivity index (χ1v) is 7.69. The van der Waals surface area contributed by atoms with Crippen LogP contribution in [0.4, 0.5) is 5.69 Å². The maximum Gasteiger partial charge on any atom is 0.262 e. The summed E-state index contributed by atoms with van der Waals surface area (Å²) in [4.78, 5) is 11.3. The number of anilines is 1. The maximum absolute atomic E-state index is 12.1. The van der Waals surface area contributed by atoms with Crippen molar-refractivity contribution >= 4 is 21.6 Å². The molecule has 1 aliphatic rings. The molecule has 2 N–H and O–H groups in total. The lowest BCUT2D eigenvalue weighted by Crippen LogP contribution is -2.27.